The average Bonchev–Trinajstić information content (AvgIpc) is 2.30. The molecule has 0 aromatic heterocycles. The summed E-state index contributed by atoms with van der Waals surface area (Å²) in [5.41, 5.74) is 0.561. The molecule has 1 aromatic carbocycles. The van der Waals surface area contributed by atoms with E-state index in [0.717, 1.165) is 0 Å². The van der Waals surface area contributed by atoms with Crippen molar-refractivity contribution in [3.8, 4) is 5.75 Å². The molecule has 0 fully saturated rings. The summed E-state index contributed by atoms with van der Waals surface area (Å²) in [4.78, 5) is 22.4. The van der Waals surface area contributed by atoms with Gasteiger partial charge in [-0.3, -0.25) is 4.79 Å². The topological polar surface area (TPSA) is 90.5 Å². The summed E-state index contributed by atoms with van der Waals surface area (Å²) in [6.07, 6.45) is 0. The van der Waals surface area contributed by atoms with Crippen LogP contribution in [0, 0.1) is 0 Å². The zero-order valence-electron chi connectivity index (χ0n) is 9.49. The number of anilines is 1. The van der Waals surface area contributed by atoms with E-state index in [9.17, 15) is 9.59 Å². The molecule has 0 atom stereocenters. The SMILES string of the molecule is CCNC(=O)NCC(=O)Nc1ccc(O)cc1. The number of urea groups is 1. The maximum Gasteiger partial charge on any atom is 0.315 e. The molecule has 0 unspecified atom stereocenters. The number of aromatic hydroxyl groups is 1. The molecule has 6 heteroatoms. The van der Waals surface area contributed by atoms with Crippen LogP contribution in [0.1, 0.15) is 6.92 Å². The van der Waals surface area contributed by atoms with Gasteiger partial charge in [-0.25, -0.2) is 4.79 Å². The van der Waals surface area contributed by atoms with Gasteiger partial charge in [0.15, 0.2) is 0 Å². The van der Waals surface area contributed by atoms with Gasteiger partial charge in [0.05, 0.1) is 6.54 Å². The number of carbonyl (C=O) groups excluding carboxylic acids is 2. The molecule has 6 nitrogen and oxygen atoms in total. The first kappa shape index (κ1) is 12.8. The van der Waals surface area contributed by atoms with Gasteiger partial charge in [-0.2, -0.15) is 0 Å². The number of hydrogen-bond acceptors (Lipinski definition) is 3. The van der Waals surface area contributed by atoms with Crippen LogP contribution < -0.4 is 16.0 Å². The number of nitrogens with one attached hydrogen (secondary N) is 3. The summed E-state index contributed by atoms with van der Waals surface area (Å²) >= 11 is 0. The summed E-state index contributed by atoms with van der Waals surface area (Å²) in [5, 5.41) is 16.5. The van der Waals surface area contributed by atoms with Crippen molar-refractivity contribution in [3.05, 3.63) is 24.3 Å². The molecule has 0 bridgehead atoms. The largest absolute Gasteiger partial charge is 0.508 e. The van der Waals surface area contributed by atoms with Gasteiger partial charge in [0.2, 0.25) is 5.91 Å². The first-order valence-corrected chi connectivity index (χ1v) is 5.22. The maximum atomic E-state index is 11.4. The van der Waals surface area contributed by atoms with Crippen molar-refractivity contribution in [2.45, 2.75) is 6.92 Å². The Morgan fingerprint density at radius 1 is 1.18 bits per heavy atom. The minimum absolute atomic E-state index is 0.104. The number of benzene rings is 1. The van der Waals surface area contributed by atoms with Crippen molar-refractivity contribution >= 4 is 17.6 Å². The minimum atomic E-state index is -0.381. The van der Waals surface area contributed by atoms with E-state index in [1.165, 1.54) is 12.1 Å². The zero-order chi connectivity index (χ0) is 12.7. The standard InChI is InChI=1S/C11H15N3O3/c1-2-12-11(17)13-7-10(16)14-8-3-5-9(15)6-4-8/h3-6,15H,2,7H2,1H3,(H,14,16)(H2,12,13,17). The second-order valence-electron chi connectivity index (χ2n) is 3.31. The van der Waals surface area contributed by atoms with Crippen molar-refractivity contribution < 1.29 is 14.7 Å². The van der Waals surface area contributed by atoms with Crippen molar-refractivity contribution in [1.29, 1.82) is 0 Å². The van der Waals surface area contributed by atoms with E-state index in [0.29, 0.717) is 12.2 Å². The molecular weight excluding hydrogens is 222 g/mol. The predicted molar refractivity (Wildman–Crippen MR) is 63.8 cm³/mol. The Hall–Kier alpha value is -2.24. The normalized spacial score (nSPS) is 9.47. The fourth-order valence-corrected chi connectivity index (χ4v) is 1.13. The highest BCUT2D eigenvalue weighted by Gasteiger charge is 2.04. The number of rotatable bonds is 4. The van der Waals surface area contributed by atoms with E-state index >= 15 is 0 Å². The van der Waals surface area contributed by atoms with E-state index < -0.39 is 0 Å². The third-order valence-electron chi connectivity index (χ3n) is 1.90. The lowest BCUT2D eigenvalue weighted by atomic mass is 10.3. The fraction of sp³-hybridized carbons (Fsp3) is 0.273. The summed E-state index contributed by atoms with van der Waals surface area (Å²) in [6, 6.07) is 5.69. The van der Waals surface area contributed by atoms with Gasteiger partial charge in [-0.15, -0.1) is 0 Å². The third kappa shape index (κ3) is 4.87. The van der Waals surface area contributed by atoms with Gasteiger partial charge >= 0.3 is 6.03 Å². The van der Waals surface area contributed by atoms with E-state index in [4.69, 9.17) is 5.11 Å². The highest BCUT2D eigenvalue weighted by atomic mass is 16.3. The smallest absolute Gasteiger partial charge is 0.315 e. The second-order valence-corrected chi connectivity index (χ2v) is 3.31. The first-order valence-electron chi connectivity index (χ1n) is 5.22. The third-order valence-corrected chi connectivity index (χ3v) is 1.90. The van der Waals surface area contributed by atoms with E-state index in [-0.39, 0.29) is 24.2 Å². The van der Waals surface area contributed by atoms with Crippen molar-refractivity contribution in [2.24, 2.45) is 0 Å². The monoisotopic (exact) mass is 237 g/mol. The Morgan fingerprint density at radius 2 is 1.82 bits per heavy atom. The Morgan fingerprint density at radius 3 is 2.41 bits per heavy atom. The van der Waals surface area contributed by atoms with Gasteiger partial charge in [0.1, 0.15) is 5.75 Å². The average molecular weight is 237 g/mol. The van der Waals surface area contributed by atoms with Crippen LogP contribution in [0.15, 0.2) is 24.3 Å². The highest BCUT2D eigenvalue weighted by Crippen LogP contribution is 2.13. The van der Waals surface area contributed by atoms with Gasteiger partial charge in [0.25, 0.3) is 0 Å². The van der Waals surface area contributed by atoms with Crippen LogP contribution in [-0.2, 0) is 4.79 Å². The number of phenolic OH excluding ortho intramolecular Hbond substituents is 1. The quantitative estimate of drug-likeness (QED) is 0.579. The molecule has 17 heavy (non-hydrogen) atoms. The van der Waals surface area contributed by atoms with Crippen molar-refractivity contribution in [2.75, 3.05) is 18.4 Å². The van der Waals surface area contributed by atoms with Crippen LogP contribution in [0.25, 0.3) is 0 Å². The van der Waals surface area contributed by atoms with Gasteiger partial charge in [0, 0.05) is 12.2 Å². The molecule has 0 heterocycles. The van der Waals surface area contributed by atoms with Gasteiger partial charge in [-0.05, 0) is 31.2 Å². The number of phenols is 1. The van der Waals surface area contributed by atoms with Crippen molar-refractivity contribution in [1.82, 2.24) is 10.6 Å². The molecule has 1 rings (SSSR count). The minimum Gasteiger partial charge on any atom is -0.508 e. The Balaban J connectivity index is 2.34. The van der Waals surface area contributed by atoms with Gasteiger partial charge < -0.3 is 21.1 Å². The second kappa shape index (κ2) is 6.37. The Kier molecular flexibility index (Phi) is 4.80. The van der Waals surface area contributed by atoms with Crippen LogP contribution in [0.4, 0.5) is 10.5 Å². The molecule has 0 spiro atoms. The molecule has 0 saturated heterocycles. The summed E-state index contributed by atoms with van der Waals surface area (Å²) in [6.45, 7) is 2.19. The summed E-state index contributed by atoms with van der Waals surface area (Å²) in [5.74, 6) is -0.203. The van der Waals surface area contributed by atoms with Crippen LogP contribution in [0.5, 0.6) is 5.75 Å². The van der Waals surface area contributed by atoms with E-state index in [1.54, 1.807) is 19.1 Å². The van der Waals surface area contributed by atoms with Crippen LogP contribution in [0.2, 0.25) is 0 Å². The number of carbonyl (C=O) groups is 2. The lowest BCUT2D eigenvalue weighted by molar-refractivity contribution is -0.115. The molecule has 0 aliphatic carbocycles. The van der Waals surface area contributed by atoms with Crippen LogP contribution in [-0.4, -0.2) is 30.1 Å². The molecule has 0 saturated carbocycles. The molecule has 3 amide bonds. The van der Waals surface area contributed by atoms with E-state index in [1.807, 2.05) is 0 Å². The first-order chi connectivity index (χ1) is 8.11. The Bertz CT molecular complexity index is 389. The summed E-state index contributed by atoms with van der Waals surface area (Å²) in [7, 11) is 0. The zero-order valence-corrected chi connectivity index (χ0v) is 9.49. The molecule has 0 aliphatic rings. The van der Waals surface area contributed by atoms with E-state index in [2.05, 4.69) is 16.0 Å². The number of amides is 3. The number of hydrogen-bond donors (Lipinski definition) is 4. The molecule has 1 aromatic rings. The lowest BCUT2D eigenvalue weighted by Crippen LogP contribution is -2.39. The summed E-state index contributed by atoms with van der Waals surface area (Å²) < 4.78 is 0. The van der Waals surface area contributed by atoms with Crippen molar-refractivity contribution in [3.63, 3.8) is 0 Å². The fourth-order valence-electron chi connectivity index (χ4n) is 1.13. The molecule has 0 radical (unpaired) electrons. The Labute approximate surface area is 99.0 Å². The maximum absolute atomic E-state index is 11.4. The van der Waals surface area contributed by atoms with Crippen LogP contribution in [0.3, 0.4) is 0 Å². The molecule has 4 N–H and O–H groups in total. The van der Waals surface area contributed by atoms with Gasteiger partial charge in [-0.1, -0.05) is 0 Å². The lowest BCUT2D eigenvalue weighted by Gasteiger charge is -2.07. The predicted octanol–water partition coefficient (Wildman–Crippen LogP) is 0.650. The highest BCUT2D eigenvalue weighted by molar-refractivity contribution is 5.94. The van der Waals surface area contributed by atoms with Crippen LogP contribution >= 0.6 is 0 Å². The molecular formula is C11H15N3O3. The molecule has 92 valence electrons. The molecule has 0 aliphatic heterocycles.